The highest BCUT2D eigenvalue weighted by Crippen LogP contribution is 2.26. The molecular weight excluding hydrogens is 290 g/mol. The summed E-state index contributed by atoms with van der Waals surface area (Å²) in [5, 5.41) is 0. The molecule has 1 atom stereocenters. The summed E-state index contributed by atoms with van der Waals surface area (Å²) in [7, 11) is 2.22. The number of likely N-dealkylation sites (tertiary alicyclic amines) is 1. The normalized spacial score (nSPS) is 15.1. The molecule has 2 rings (SSSR count). The van der Waals surface area contributed by atoms with Gasteiger partial charge in [-0.2, -0.15) is 0 Å². The second kappa shape index (κ2) is 27.0. The van der Waals surface area contributed by atoms with Gasteiger partial charge in [0.1, 0.15) is 0 Å². The van der Waals surface area contributed by atoms with Gasteiger partial charge in [-0.1, -0.05) is 99.1 Å². The third-order valence-corrected chi connectivity index (χ3v) is 3.17. The summed E-state index contributed by atoms with van der Waals surface area (Å²) in [6.07, 6.45) is 2.70. The molecule has 24 heavy (non-hydrogen) atoms. The molecule has 1 aromatic carbocycles. The molecule has 1 saturated heterocycles. The van der Waals surface area contributed by atoms with E-state index in [0.717, 1.165) is 5.92 Å². The van der Waals surface area contributed by atoms with Gasteiger partial charge in [0.15, 0.2) is 0 Å². The number of rotatable bonds is 1. The zero-order valence-corrected chi connectivity index (χ0v) is 19.2. The Morgan fingerprint density at radius 1 is 0.750 bits per heavy atom. The van der Waals surface area contributed by atoms with Gasteiger partial charge in [-0.15, -0.1) is 0 Å². The molecular formula is C23H49N. The Morgan fingerprint density at radius 3 is 1.54 bits per heavy atom. The molecule has 146 valence electrons. The highest BCUT2D eigenvalue weighted by Gasteiger charge is 2.18. The average molecular weight is 340 g/mol. The summed E-state index contributed by atoms with van der Waals surface area (Å²) in [5.74, 6) is 0.759. The molecule has 1 aliphatic heterocycles. The summed E-state index contributed by atoms with van der Waals surface area (Å²) in [6, 6.07) is 9.03. The third kappa shape index (κ3) is 16.1. The first-order valence-electron chi connectivity index (χ1n) is 10.5. The summed E-state index contributed by atoms with van der Waals surface area (Å²) in [4.78, 5) is 2.44. The molecule has 0 spiro atoms. The number of hydrogen-bond donors (Lipinski definition) is 0. The van der Waals surface area contributed by atoms with Crippen LogP contribution in [0, 0.1) is 6.92 Å². The molecule has 0 bridgehead atoms. The summed E-state index contributed by atoms with van der Waals surface area (Å²) >= 11 is 0. The summed E-state index contributed by atoms with van der Waals surface area (Å²) in [6.45, 7) is 24.6. The number of piperidine rings is 1. The molecule has 1 heterocycles. The topological polar surface area (TPSA) is 3.24 Å². The van der Waals surface area contributed by atoms with Crippen molar-refractivity contribution in [3.05, 3.63) is 35.4 Å². The lowest BCUT2D eigenvalue weighted by molar-refractivity contribution is 0.251. The predicted molar refractivity (Wildman–Crippen MR) is 117 cm³/mol. The number of hydrogen-bond acceptors (Lipinski definition) is 1. The fourth-order valence-corrected chi connectivity index (χ4v) is 2.28. The van der Waals surface area contributed by atoms with Gasteiger partial charge in [-0.3, -0.25) is 0 Å². The minimum absolute atomic E-state index is 0.759. The zero-order chi connectivity index (χ0) is 20.0. The van der Waals surface area contributed by atoms with Crippen LogP contribution in [0.25, 0.3) is 0 Å². The lowest BCUT2D eigenvalue weighted by atomic mass is 9.90. The quantitative estimate of drug-likeness (QED) is 0.502. The second-order valence-corrected chi connectivity index (χ2v) is 4.51. The maximum Gasteiger partial charge on any atom is 0.00472 e. The van der Waals surface area contributed by atoms with Crippen LogP contribution >= 0.6 is 0 Å². The van der Waals surface area contributed by atoms with Gasteiger partial charge in [0, 0.05) is 6.54 Å². The van der Waals surface area contributed by atoms with Gasteiger partial charge in [0.05, 0.1) is 0 Å². The van der Waals surface area contributed by atoms with E-state index in [1.54, 1.807) is 0 Å². The Morgan fingerprint density at radius 2 is 1.17 bits per heavy atom. The summed E-state index contributed by atoms with van der Waals surface area (Å²) < 4.78 is 0. The minimum atomic E-state index is 0.759. The number of likely N-dealkylation sites (N-methyl/N-ethyl adjacent to an activating group) is 1. The molecule has 1 nitrogen and oxygen atoms in total. The Kier molecular flexibility index (Phi) is 34.9. The van der Waals surface area contributed by atoms with Crippen LogP contribution in [0.2, 0.25) is 0 Å². The van der Waals surface area contributed by atoms with E-state index in [9.17, 15) is 0 Å². The van der Waals surface area contributed by atoms with Gasteiger partial charge in [0.2, 0.25) is 0 Å². The van der Waals surface area contributed by atoms with Crippen LogP contribution < -0.4 is 0 Å². The van der Waals surface area contributed by atoms with Crippen molar-refractivity contribution in [3.63, 3.8) is 0 Å². The lowest BCUT2D eigenvalue weighted by Crippen LogP contribution is -2.30. The predicted octanol–water partition coefficient (Wildman–Crippen LogP) is 7.94. The minimum Gasteiger partial charge on any atom is -0.306 e. The number of aryl methyl sites for hydroxylation is 1. The zero-order valence-electron chi connectivity index (χ0n) is 19.2. The molecule has 0 N–H and O–H groups in total. The Labute approximate surface area is 155 Å². The van der Waals surface area contributed by atoms with E-state index in [1.165, 1.54) is 37.1 Å². The lowest BCUT2D eigenvalue weighted by Gasteiger charge is -2.29. The van der Waals surface area contributed by atoms with Crippen molar-refractivity contribution in [1.29, 1.82) is 0 Å². The molecule has 0 saturated carbocycles. The third-order valence-electron chi connectivity index (χ3n) is 3.17. The smallest absolute Gasteiger partial charge is 0.00472 e. The van der Waals surface area contributed by atoms with E-state index in [0.29, 0.717) is 0 Å². The molecule has 0 amide bonds. The molecule has 0 aromatic heterocycles. The maximum absolute atomic E-state index is 2.44. The van der Waals surface area contributed by atoms with Gasteiger partial charge in [-0.05, 0) is 44.8 Å². The largest absolute Gasteiger partial charge is 0.306 e. The second-order valence-electron chi connectivity index (χ2n) is 4.51. The van der Waals surface area contributed by atoms with E-state index >= 15 is 0 Å². The van der Waals surface area contributed by atoms with Crippen molar-refractivity contribution in [1.82, 2.24) is 4.90 Å². The van der Waals surface area contributed by atoms with Gasteiger partial charge < -0.3 is 4.90 Å². The van der Waals surface area contributed by atoms with Crippen LogP contribution in [0.5, 0.6) is 0 Å². The van der Waals surface area contributed by atoms with Crippen molar-refractivity contribution in [2.75, 3.05) is 20.1 Å². The van der Waals surface area contributed by atoms with Crippen molar-refractivity contribution >= 4 is 0 Å². The average Bonchev–Trinajstić information content (AvgIpc) is 2.70. The van der Waals surface area contributed by atoms with Gasteiger partial charge >= 0.3 is 0 Å². The Bertz CT molecular complexity index is 289. The van der Waals surface area contributed by atoms with E-state index in [-0.39, 0.29) is 0 Å². The monoisotopic (exact) mass is 339 g/mol. The Hall–Kier alpha value is -0.820. The summed E-state index contributed by atoms with van der Waals surface area (Å²) in [5.41, 5.74) is 2.88. The van der Waals surface area contributed by atoms with Crippen molar-refractivity contribution < 1.29 is 0 Å². The SMILES string of the molecule is CC.CC.CC.CC.CC.Cc1ccc(C2CCCN(C)C2)cc1. The van der Waals surface area contributed by atoms with Crippen LogP contribution in [-0.2, 0) is 0 Å². The van der Waals surface area contributed by atoms with E-state index in [2.05, 4.69) is 43.1 Å². The molecule has 1 aliphatic rings. The van der Waals surface area contributed by atoms with Crippen LogP contribution in [0.3, 0.4) is 0 Å². The van der Waals surface area contributed by atoms with E-state index in [4.69, 9.17) is 0 Å². The van der Waals surface area contributed by atoms with Crippen molar-refractivity contribution in [2.24, 2.45) is 0 Å². The molecule has 1 unspecified atom stereocenters. The van der Waals surface area contributed by atoms with Crippen molar-refractivity contribution in [2.45, 2.75) is 94.9 Å². The highest BCUT2D eigenvalue weighted by molar-refractivity contribution is 5.25. The molecule has 1 heteroatoms. The van der Waals surface area contributed by atoms with Gasteiger partial charge in [-0.25, -0.2) is 0 Å². The van der Waals surface area contributed by atoms with Crippen LogP contribution in [-0.4, -0.2) is 25.0 Å². The van der Waals surface area contributed by atoms with Crippen LogP contribution in [0.1, 0.15) is 99.1 Å². The fraction of sp³-hybridized carbons (Fsp3) is 0.739. The first-order valence-corrected chi connectivity index (χ1v) is 10.5. The maximum atomic E-state index is 2.44. The Balaban J connectivity index is -0.000000173. The van der Waals surface area contributed by atoms with Crippen LogP contribution in [0.4, 0.5) is 0 Å². The van der Waals surface area contributed by atoms with Gasteiger partial charge in [0.25, 0.3) is 0 Å². The first-order chi connectivity index (χ1) is 11.8. The van der Waals surface area contributed by atoms with E-state index < -0.39 is 0 Å². The number of benzene rings is 1. The highest BCUT2D eigenvalue weighted by atomic mass is 15.1. The number of nitrogens with zero attached hydrogens (tertiary/aromatic N) is 1. The standard InChI is InChI=1S/C13H19N.5C2H6/c1-11-5-7-12(8-6-11)13-4-3-9-14(2)10-13;5*1-2/h5-8,13H,3-4,9-10H2,1-2H3;5*1-2H3. The molecule has 1 fully saturated rings. The van der Waals surface area contributed by atoms with Crippen molar-refractivity contribution in [3.8, 4) is 0 Å². The van der Waals surface area contributed by atoms with E-state index in [1.807, 2.05) is 69.2 Å². The molecule has 0 radical (unpaired) electrons. The molecule has 1 aromatic rings. The molecule has 0 aliphatic carbocycles. The first kappa shape index (κ1) is 31.0. The fourth-order valence-electron chi connectivity index (χ4n) is 2.28. The van der Waals surface area contributed by atoms with Crippen LogP contribution in [0.15, 0.2) is 24.3 Å².